The first-order valence-electron chi connectivity index (χ1n) is 5.44. The van der Waals surface area contributed by atoms with Crippen LogP contribution in [0.15, 0.2) is 0 Å². The topological polar surface area (TPSA) is 51.2 Å². The van der Waals surface area contributed by atoms with Crippen molar-refractivity contribution in [2.45, 2.75) is 30.9 Å². The van der Waals surface area contributed by atoms with Crippen molar-refractivity contribution in [3.8, 4) is 0 Å². The Labute approximate surface area is 94.9 Å². The van der Waals surface area contributed by atoms with Crippen molar-refractivity contribution < 1.29 is 13.2 Å². The first kappa shape index (κ1) is 11.5. The molecule has 0 aromatic carbocycles. The molecule has 2 unspecified atom stereocenters. The Morgan fingerprint density at radius 1 is 1.20 bits per heavy atom. The second-order valence-electron chi connectivity index (χ2n) is 4.36. The van der Waals surface area contributed by atoms with Gasteiger partial charge in [0.2, 0.25) is 0 Å². The SMILES string of the molecule is O=C(C1CCS(=O)(=O)C1)C1CCCCS1. The van der Waals surface area contributed by atoms with Crippen molar-refractivity contribution in [1.82, 2.24) is 0 Å². The normalized spacial score (nSPS) is 35.2. The molecule has 2 aliphatic rings. The van der Waals surface area contributed by atoms with E-state index in [1.54, 1.807) is 11.8 Å². The van der Waals surface area contributed by atoms with E-state index < -0.39 is 9.84 Å². The average Bonchev–Trinajstić information content (AvgIpc) is 2.59. The molecule has 2 heterocycles. The van der Waals surface area contributed by atoms with Crippen LogP contribution in [0.3, 0.4) is 0 Å². The van der Waals surface area contributed by atoms with Gasteiger partial charge in [0.05, 0.1) is 16.8 Å². The molecule has 2 rings (SSSR count). The Balaban J connectivity index is 1.96. The predicted octanol–water partition coefficient (Wildman–Crippen LogP) is 1.28. The molecule has 15 heavy (non-hydrogen) atoms. The van der Waals surface area contributed by atoms with Crippen LogP contribution in [0, 0.1) is 5.92 Å². The molecule has 0 aliphatic carbocycles. The van der Waals surface area contributed by atoms with Gasteiger partial charge in [-0.2, -0.15) is 11.8 Å². The second kappa shape index (κ2) is 4.45. The quantitative estimate of drug-likeness (QED) is 0.738. The van der Waals surface area contributed by atoms with Gasteiger partial charge in [-0.3, -0.25) is 4.79 Å². The Kier molecular flexibility index (Phi) is 3.40. The summed E-state index contributed by atoms with van der Waals surface area (Å²) in [6.07, 6.45) is 3.80. The van der Waals surface area contributed by atoms with Crippen LogP contribution in [0.4, 0.5) is 0 Å². The fourth-order valence-electron chi connectivity index (χ4n) is 2.25. The van der Waals surface area contributed by atoms with E-state index in [1.807, 2.05) is 0 Å². The maximum absolute atomic E-state index is 12.0. The van der Waals surface area contributed by atoms with Crippen LogP contribution in [0.1, 0.15) is 25.7 Å². The minimum absolute atomic E-state index is 0.0806. The summed E-state index contributed by atoms with van der Waals surface area (Å²) in [6.45, 7) is 0. The highest BCUT2D eigenvalue weighted by molar-refractivity contribution is 8.00. The highest BCUT2D eigenvalue weighted by Gasteiger charge is 2.36. The van der Waals surface area contributed by atoms with Crippen molar-refractivity contribution in [1.29, 1.82) is 0 Å². The van der Waals surface area contributed by atoms with E-state index in [9.17, 15) is 13.2 Å². The summed E-state index contributed by atoms with van der Waals surface area (Å²) < 4.78 is 22.5. The van der Waals surface area contributed by atoms with Crippen LogP contribution < -0.4 is 0 Å². The molecule has 2 atom stereocenters. The summed E-state index contributed by atoms with van der Waals surface area (Å²) in [7, 11) is -2.91. The van der Waals surface area contributed by atoms with Crippen molar-refractivity contribution in [3.63, 3.8) is 0 Å². The summed E-state index contributed by atoms with van der Waals surface area (Å²) in [6, 6.07) is 0. The molecule has 0 radical (unpaired) electrons. The highest BCUT2D eigenvalue weighted by Crippen LogP contribution is 2.31. The number of hydrogen-bond acceptors (Lipinski definition) is 4. The number of hydrogen-bond donors (Lipinski definition) is 0. The summed E-state index contributed by atoms with van der Waals surface area (Å²) in [5.74, 6) is 1.35. The molecule has 2 saturated heterocycles. The predicted molar refractivity (Wildman–Crippen MR) is 61.9 cm³/mol. The highest BCUT2D eigenvalue weighted by atomic mass is 32.2. The number of sulfone groups is 1. The van der Waals surface area contributed by atoms with Crippen molar-refractivity contribution >= 4 is 27.4 Å². The van der Waals surface area contributed by atoms with Crippen LogP contribution in [-0.4, -0.2) is 36.7 Å². The zero-order chi connectivity index (χ0) is 10.9. The van der Waals surface area contributed by atoms with Crippen LogP contribution in [-0.2, 0) is 14.6 Å². The van der Waals surface area contributed by atoms with Gasteiger partial charge in [0.1, 0.15) is 5.78 Å². The van der Waals surface area contributed by atoms with Crippen LogP contribution in [0.25, 0.3) is 0 Å². The Morgan fingerprint density at radius 2 is 2.00 bits per heavy atom. The number of thioether (sulfide) groups is 1. The maximum Gasteiger partial charge on any atom is 0.151 e. The smallest absolute Gasteiger partial charge is 0.151 e. The first-order chi connectivity index (χ1) is 7.08. The fraction of sp³-hybridized carbons (Fsp3) is 0.900. The van der Waals surface area contributed by atoms with Gasteiger partial charge in [-0.05, 0) is 25.0 Å². The van der Waals surface area contributed by atoms with Crippen LogP contribution in [0.5, 0.6) is 0 Å². The zero-order valence-electron chi connectivity index (χ0n) is 8.65. The minimum Gasteiger partial charge on any atom is -0.298 e. The molecule has 0 aromatic rings. The molecular weight excluding hydrogens is 232 g/mol. The molecule has 2 fully saturated rings. The molecule has 2 aliphatic heterocycles. The second-order valence-corrected chi connectivity index (χ2v) is 7.90. The van der Waals surface area contributed by atoms with Gasteiger partial charge in [-0.25, -0.2) is 8.42 Å². The van der Waals surface area contributed by atoms with E-state index in [-0.39, 0.29) is 28.5 Å². The van der Waals surface area contributed by atoms with Crippen LogP contribution >= 0.6 is 11.8 Å². The summed E-state index contributed by atoms with van der Waals surface area (Å²) in [4.78, 5) is 12.0. The number of carbonyl (C=O) groups excluding carboxylic acids is 1. The molecule has 0 aromatic heterocycles. The van der Waals surface area contributed by atoms with E-state index in [4.69, 9.17) is 0 Å². The Bertz CT molecular complexity index is 342. The molecule has 3 nitrogen and oxygen atoms in total. The van der Waals surface area contributed by atoms with Gasteiger partial charge in [-0.1, -0.05) is 6.42 Å². The summed E-state index contributed by atoms with van der Waals surface area (Å²) in [5, 5.41) is 0.0806. The van der Waals surface area contributed by atoms with Gasteiger partial charge in [0, 0.05) is 5.92 Å². The molecule has 0 spiro atoms. The van der Waals surface area contributed by atoms with Gasteiger partial charge < -0.3 is 0 Å². The van der Waals surface area contributed by atoms with E-state index >= 15 is 0 Å². The molecule has 0 amide bonds. The summed E-state index contributed by atoms with van der Waals surface area (Å²) >= 11 is 1.71. The molecule has 0 bridgehead atoms. The number of rotatable bonds is 2. The third kappa shape index (κ3) is 2.75. The minimum atomic E-state index is -2.91. The molecule has 0 saturated carbocycles. The Morgan fingerprint density at radius 3 is 2.53 bits per heavy atom. The third-order valence-corrected chi connectivity index (χ3v) is 6.29. The largest absolute Gasteiger partial charge is 0.298 e. The molecular formula is C10H16O3S2. The Hall–Kier alpha value is -0.0300. The molecule has 0 N–H and O–H groups in total. The number of carbonyl (C=O) groups is 1. The van der Waals surface area contributed by atoms with E-state index in [0.717, 1.165) is 18.6 Å². The van der Waals surface area contributed by atoms with Gasteiger partial charge in [0.15, 0.2) is 9.84 Å². The fourth-order valence-corrected chi connectivity index (χ4v) is 5.35. The van der Waals surface area contributed by atoms with Gasteiger partial charge in [0.25, 0.3) is 0 Å². The van der Waals surface area contributed by atoms with Crippen molar-refractivity contribution in [2.75, 3.05) is 17.3 Å². The monoisotopic (exact) mass is 248 g/mol. The lowest BCUT2D eigenvalue weighted by molar-refractivity contribution is -0.121. The summed E-state index contributed by atoms with van der Waals surface area (Å²) in [5.41, 5.74) is 0. The van der Waals surface area contributed by atoms with E-state index in [2.05, 4.69) is 0 Å². The molecule has 86 valence electrons. The average molecular weight is 248 g/mol. The lowest BCUT2D eigenvalue weighted by atomic mass is 9.98. The van der Waals surface area contributed by atoms with Crippen LogP contribution in [0.2, 0.25) is 0 Å². The molecule has 5 heteroatoms. The zero-order valence-corrected chi connectivity index (χ0v) is 10.3. The maximum atomic E-state index is 12.0. The lowest BCUT2D eigenvalue weighted by Crippen LogP contribution is -2.28. The van der Waals surface area contributed by atoms with Crippen molar-refractivity contribution in [2.24, 2.45) is 5.92 Å². The number of Topliss-reactive ketones (excluding diaryl/α,β-unsaturated/α-hetero) is 1. The van der Waals surface area contributed by atoms with E-state index in [1.165, 1.54) is 6.42 Å². The van der Waals surface area contributed by atoms with Crippen molar-refractivity contribution in [3.05, 3.63) is 0 Å². The number of ketones is 1. The van der Waals surface area contributed by atoms with E-state index in [0.29, 0.717) is 6.42 Å². The lowest BCUT2D eigenvalue weighted by Gasteiger charge is -2.22. The standard InChI is InChI=1S/C10H16O3S2/c11-10(9-3-1-2-5-14-9)8-4-6-15(12,13)7-8/h8-9H,1-7H2. The third-order valence-electron chi connectivity index (χ3n) is 3.13. The van der Waals surface area contributed by atoms with Gasteiger partial charge >= 0.3 is 0 Å². The first-order valence-corrected chi connectivity index (χ1v) is 8.31. The van der Waals surface area contributed by atoms with Gasteiger partial charge in [-0.15, -0.1) is 0 Å².